The lowest BCUT2D eigenvalue weighted by Gasteiger charge is -2.19. The Labute approximate surface area is 151 Å². The van der Waals surface area contributed by atoms with Crippen LogP contribution in [0.3, 0.4) is 0 Å². The summed E-state index contributed by atoms with van der Waals surface area (Å²) in [6, 6.07) is 6.92. The number of esters is 1. The number of nitrogens with one attached hydrogen (secondary N) is 1. The van der Waals surface area contributed by atoms with Gasteiger partial charge in [-0.3, -0.25) is 9.69 Å². The van der Waals surface area contributed by atoms with Gasteiger partial charge < -0.3 is 10.1 Å². The monoisotopic (exact) mass is 348 g/mol. The normalized spacial score (nSPS) is 10.7. The summed E-state index contributed by atoms with van der Waals surface area (Å²) in [5, 5.41) is 2.87. The zero-order chi connectivity index (χ0) is 18.5. The zero-order valence-electron chi connectivity index (χ0n) is 15.8. The van der Waals surface area contributed by atoms with Crippen LogP contribution in [-0.2, 0) is 9.53 Å². The van der Waals surface area contributed by atoms with Gasteiger partial charge in [0.05, 0.1) is 18.7 Å². The summed E-state index contributed by atoms with van der Waals surface area (Å²) in [5.74, 6) is -0.406. The number of carbonyl (C=O) groups is 2. The predicted octanol–water partition coefficient (Wildman–Crippen LogP) is 4.09. The van der Waals surface area contributed by atoms with Crippen LogP contribution in [0.15, 0.2) is 24.3 Å². The van der Waals surface area contributed by atoms with Crippen LogP contribution in [0.5, 0.6) is 0 Å². The molecule has 5 nitrogen and oxygen atoms in total. The van der Waals surface area contributed by atoms with E-state index in [1.54, 1.807) is 24.3 Å². The highest BCUT2D eigenvalue weighted by atomic mass is 16.5. The molecule has 140 valence electrons. The molecular formula is C20H32N2O3. The molecule has 0 spiro atoms. The number of hydrogen-bond donors (Lipinski definition) is 1. The van der Waals surface area contributed by atoms with Crippen molar-refractivity contribution in [2.24, 2.45) is 0 Å². The molecule has 0 bridgehead atoms. The van der Waals surface area contributed by atoms with Gasteiger partial charge in [-0.05, 0) is 44.1 Å². The fourth-order valence-corrected chi connectivity index (χ4v) is 2.46. The van der Waals surface area contributed by atoms with Gasteiger partial charge >= 0.3 is 5.97 Å². The molecule has 5 heteroatoms. The summed E-state index contributed by atoms with van der Waals surface area (Å²) in [7, 11) is 0. The van der Waals surface area contributed by atoms with Crippen molar-refractivity contribution in [3.05, 3.63) is 29.8 Å². The van der Waals surface area contributed by atoms with Gasteiger partial charge in [0, 0.05) is 5.69 Å². The molecule has 0 saturated heterocycles. The van der Waals surface area contributed by atoms with Crippen LogP contribution in [0, 0.1) is 0 Å². The fraction of sp³-hybridized carbons (Fsp3) is 0.600. The summed E-state index contributed by atoms with van der Waals surface area (Å²) < 4.78 is 5.26. The first-order valence-corrected chi connectivity index (χ1v) is 9.40. The topological polar surface area (TPSA) is 58.6 Å². The molecule has 1 N–H and O–H groups in total. The minimum Gasteiger partial charge on any atom is -0.462 e. The van der Waals surface area contributed by atoms with Crippen molar-refractivity contribution in [3.63, 3.8) is 0 Å². The van der Waals surface area contributed by atoms with Crippen LogP contribution >= 0.6 is 0 Å². The maximum atomic E-state index is 12.2. The van der Waals surface area contributed by atoms with E-state index in [-0.39, 0.29) is 11.9 Å². The van der Waals surface area contributed by atoms with Gasteiger partial charge in [0.25, 0.3) is 0 Å². The van der Waals surface area contributed by atoms with E-state index in [0.717, 1.165) is 45.2 Å². The third-order valence-corrected chi connectivity index (χ3v) is 4.01. The van der Waals surface area contributed by atoms with E-state index < -0.39 is 0 Å². The van der Waals surface area contributed by atoms with Gasteiger partial charge in [-0.25, -0.2) is 4.79 Å². The van der Waals surface area contributed by atoms with Crippen molar-refractivity contribution in [3.8, 4) is 0 Å². The third-order valence-electron chi connectivity index (χ3n) is 4.01. The molecule has 0 fully saturated rings. The lowest BCUT2D eigenvalue weighted by molar-refractivity contribution is -0.117. The molecule has 1 aromatic carbocycles. The summed E-state index contributed by atoms with van der Waals surface area (Å²) >= 11 is 0. The molecule has 0 saturated carbocycles. The number of anilines is 1. The number of carbonyl (C=O) groups excluding carboxylic acids is 2. The van der Waals surface area contributed by atoms with Crippen molar-refractivity contribution in [2.45, 2.75) is 52.9 Å². The lowest BCUT2D eigenvalue weighted by Crippen LogP contribution is -2.33. The van der Waals surface area contributed by atoms with Crippen LogP contribution in [0.4, 0.5) is 5.69 Å². The molecule has 0 aliphatic carbocycles. The largest absolute Gasteiger partial charge is 0.462 e. The second-order valence-electron chi connectivity index (χ2n) is 6.19. The number of likely N-dealkylation sites (N-methyl/N-ethyl adjacent to an activating group) is 1. The Kier molecular flexibility index (Phi) is 10.6. The molecule has 0 aliphatic heterocycles. The van der Waals surface area contributed by atoms with Crippen molar-refractivity contribution in [2.75, 3.05) is 31.6 Å². The first kappa shape index (κ1) is 21.2. The Morgan fingerprint density at radius 1 is 1.08 bits per heavy atom. The highest BCUT2D eigenvalue weighted by molar-refractivity contribution is 5.95. The Hall–Kier alpha value is -1.88. The SMILES string of the molecule is CCCCCOC(=O)c1cccc(NC(=O)CN(CC)CCCC)c1. The molecule has 0 radical (unpaired) electrons. The Bertz CT molecular complexity index is 531. The number of hydrogen-bond acceptors (Lipinski definition) is 4. The van der Waals surface area contributed by atoms with Gasteiger partial charge in [-0.15, -0.1) is 0 Å². The van der Waals surface area contributed by atoms with Gasteiger partial charge in [0.15, 0.2) is 0 Å². The van der Waals surface area contributed by atoms with Gasteiger partial charge in [-0.2, -0.15) is 0 Å². The summed E-state index contributed by atoms with van der Waals surface area (Å²) in [5.41, 5.74) is 1.09. The number of nitrogens with zero attached hydrogens (tertiary/aromatic N) is 1. The van der Waals surface area contributed by atoms with Crippen LogP contribution in [0.2, 0.25) is 0 Å². The van der Waals surface area contributed by atoms with E-state index in [2.05, 4.69) is 31.0 Å². The minimum absolute atomic E-state index is 0.0635. The number of unbranched alkanes of at least 4 members (excludes halogenated alkanes) is 3. The summed E-state index contributed by atoms with van der Waals surface area (Å²) in [6.07, 6.45) is 5.21. The predicted molar refractivity (Wildman–Crippen MR) is 102 cm³/mol. The molecular weight excluding hydrogens is 316 g/mol. The summed E-state index contributed by atoms with van der Waals surface area (Å²) in [4.78, 5) is 26.4. The van der Waals surface area contributed by atoms with Gasteiger partial charge in [-0.1, -0.05) is 46.1 Å². The van der Waals surface area contributed by atoms with Gasteiger partial charge in [0.2, 0.25) is 5.91 Å². The second-order valence-corrected chi connectivity index (χ2v) is 6.19. The van der Waals surface area contributed by atoms with Crippen LogP contribution in [0.25, 0.3) is 0 Å². The van der Waals surface area contributed by atoms with E-state index in [9.17, 15) is 9.59 Å². The van der Waals surface area contributed by atoms with Crippen LogP contribution in [-0.4, -0.2) is 43.0 Å². The maximum absolute atomic E-state index is 12.2. The van der Waals surface area contributed by atoms with Crippen molar-refractivity contribution in [1.29, 1.82) is 0 Å². The standard InChI is InChI=1S/C20H32N2O3/c1-4-7-9-14-25-20(24)17-11-10-12-18(15-17)21-19(23)16-22(6-3)13-8-5-2/h10-12,15H,4-9,13-14,16H2,1-3H3,(H,21,23). The molecule has 0 atom stereocenters. The average Bonchev–Trinajstić information content (AvgIpc) is 2.62. The first-order chi connectivity index (χ1) is 12.1. The van der Waals surface area contributed by atoms with E-state index in [4.69, 9.17) is 4.74 Å². The molecule has 0 aliphatic rings. The van der Waals surface area contributed by atoms with Crippen LogP contribution < -0.4 is 5.32 Å². The second kappa shape index (κ2) is 12.5. The number of rotatable bonds is 12. The molecule has 25 heavy (non-hydrogen) atoms. The van der Waals surface area contributed by atoms with E-state index in [1.807, 2.05) is 0 Å². The Morgan fingerprint density at radius 3 is 2.52 bits per heavy atom. The average molecular weight is 348 g/mol. The molecule has 0 unspecified atom stereocenters. The minimum atomic E-state index is -0.342. The summed E-state index contributed by atoms with van der Waals surface area (Å²) in [6.45, 7) is 8.87. The Morgan fingerprint density at radius 2 is 1.84 bits per heavy atom. The first-order valence-electron chi connectivity index (χ1n) is 9.40. The maximum Gasteiger partial charge on any atom is 0.338 e. The Balaban J connectivity index is 2.53. The molecule has 1 rings (SSSR count). The highest BCUT2D eigenvalue weighted by Gasteiger charge is 2.11. The molecule has 0 aromatic heterocycles. The lowest BCUT2D eigenvalue weighted by atomic mass is 10.2. The van der Waals surface area contributed by atoms with Gasteiger partial charge in [0.1, 0.15) is 0 Å². The van der Waals surface area contributed by atoms with Crippen molar-refractivity contribution >= 4 is 17.6 Å². The molecule has 0 heterocycles. The van der Waals surface area contributed by atoms with Crippen molar-refractivity contribution in [1.82, 2.24) is 4.90 Å². The number of amides is 1. The smallest absolute Gasteiger partial charge is 0.338 e. The van der Waals surface area contributed by atoms with E-state index in [0.29, 0.717) is 24.4 Å². The number of ether oxygens (including phenoxy) is 1. The zero-order valence-corrected chi connectivity index (χ0v) is 15.8. The quantitative estimate of drug-likeness (QED) is 0.456. The van der Waals surface area contributed by atoms with E-state index in [1.165, 1.54) is 0 Å². The number of benzene rings is 1. The third kappa shape index (κ3) is 8.68. The fourth-order valence-electron chi connectivity index (χ4n) is 2.46. The van der Waals surface area contributed by atoms with Crippen LogP contribution in [0.1, 0.15) is 63.2 Å². The molecule has 1 amide bonds. The molecule has 1 aromatic rings. The van der Waals surface area contributed by atoms with E-state index >= 15 is 0 Å². The van der Waals surface area contributed by atoms with Crippen molar-refractivity contribution < 1.29 is 14.3 Å². The highest BCUT2D eigenvalue weighted by Crippen LogP contribution is 2.12.